The summed E-state index contributed by atoms with van der Waals surface area (Å²) in [5.41, 5.74) is 0.258. The predicted octanol–water partition coefficient (Wildman–Crippen LogP) is -0.124. The Balaban J connectivity index is 3.06. The maximum atomic E-state index is 5.06. The summed E-state index contributed by atoms with van der Waals surface area (Å²) in [6, 6.07) is 0. The highest BCUT2D eigenvalue weighted by atomic mass is 16.5. The minimum atomic E-state index is 0.117. The summed E-state index contributed by atoms with van der Waals surface area (Å²) in [4.78, 5) is 0. The van der Waals surface area contributed by atoms with E-state index < -0.39 is 0 Å². The molecule has 0 aliphatic rings. The number of rotatable bonds is 5. The maximum Gasteiger partial charge on any atom is 0.409 e. The molecular formula is C5H6B3O2. The van der Waals surface area contributed by atoms with Crippen molar-refractivity contribution in [1.82, 2.24) is 0 Å². The Hall–Kier alpha value is -0.725. The van der Waals surface area contributed by atoms with Crippen molar-refractivity contribution in [3.8, 4) is 0 Å². The molecule has 0 N–H and O–H groups in total. The Morgan fingerprint density at radius 1 is 1.30 bits per heavy atom. The van der Waals surface area contributed by atoms with Crippen LogP contribution in [0, 0.1) is 0 Å². The molecule has 10 heavy (non-hydrogen) atoms. The van der Waals surface area contributed by atoms with Gasteiger partial charge >= 0.3 is 7.48 Å². The molecule has 5 radical (unpaired) electrons. The van der Waals surface area contributed by atoms with E-state index >= 15 is 0 Å². The lowest BCUT2D eigenvalue weighted by molar-refractivity contribution is 0.280. The zero-order valence-corrected chi connectivity index (χ0v) is 5.67. The molecular weight excluding hydrogens is 124 g/mol. The molecule has 0 saturated heterocycles. The Morgan fingerprint density at radius 3 is 2.30 bits per heavy atom. The van der Waals surface area contributed by atoms with E-state index in [1.165, 1.54) is 7.48 Å². The van der Waals surface area contributed by atoms with E-state index in [4.69, 9.17) is 20.4 Å². The van der Waals surface area contributed by atoms with E-state index in [9.17, 15) is 0 Å². The molecule has 47 valence electrons. The molecule has 0 atom stereocenters. The fourth-order valence-corrected chi connectivity index (χ4v) is 0.282. The third-order valence-corrected chi connectivity index (χ3v) is 0.571. The second kappa shape index (κ2) is 5.09. The first-order valence-electron chi connectivity index (χ1n) is 2.63. The average molecular weight is 131 g/mol. The molecule has 0 aromatic heterocycles. The molecule has 0 aliphatic heterocycles. The number of hydrogen-bond acceptors (Lipinski definition) is 2. The van der Waals surface area contributed by atoms with E-state index in [0.717, 1.165) is 0 Å². The fraction of sp³-hybridized carbons (Fsp3) is 0.200. The van der Waals surface area contributed by atoms with Crippen molar-refractivity contribution in [2.75, 3.05) is 6.51 Å². The van der Waals surface area contributed by atoms with Gasteiger partial charge in [0.2, 0.25) is 0 Å². The zero-order valence-electron chi connectivity index (χ0n) is 5.67. The molecule has 0 aromatic rings. The Bertz CT molecular complexity index is 119. The summed E-state index contributed by atoms with van der Waals surface area (Å²) in [7, 11) is 11.4. The molecule has 0 amide bonds. The van der Waals surface area contributed by atoms with Crippen molar-refractivity contribution in [3.63, 3.8) is 0 Å². The first kappa shape index (κ1) is 9.27. The molecule has 0 heterocycles. The first-order chi connectivity index (χ1) is 4.63. The van der Waals surface area contributed by atoms with Gasteiger partial charge in [-0.05, 0) is 0 Å². The second-order valence-electron chi connectivity index (χ2n) is 1.53. The Labute approximate surface area is 64.4 Å². The molecule has 0 aliphatic carbocycles. The standard InChI is InChI=1S/C5H6B3O2/c1-4(6)9-3-8-10-5(2)7/h1-3H2. The van der Waals surface area contributed by atoms with Crippen molar-refractivity contribution < 1.29 is 9.39 Å². The third-order valence-electron chi connectivity index (χ3n) is 0.571. The molecule has 0 rings (SSSR count). The summed E-state index contributed by atoms with van der Waals surface area (Å²) in [6.45, 7) is 6.80. The van der Waals surface area contributed by atoms with E-state index in [1.807, 2.05) is 0 Å². The fourth-order valence-electron chi connectivity index (χ4n) is 0.282. The lowest BCUT2D eigenvalue weighted by atomic mass is 10.0. The van der Waals surface area contributed by atoms with Gasteiger partial charge in [-0.15, -0.1) is 0 Å². The van der Waals surface area contributed by atoms with Crippen molar-refractivity contribution in [2.45, 2.75) is 0 Å². The minimum Gasteiger partial charge on any atom is -0.572 e. The minimum absolute atomic E-state index is 0.117. The normalized spacial score (nSPS) is 8.00. The summed E-state index contributed by atoms with van der Waals surface area (Å²) in [5.74, 6) is 0. The van der Waals surface area contributed by atoms with Crippen molar-refractivity contribution in [1.29, 1.82) is 0 Å². The summed E-state index contributed by atoms with van der Waals surface area (Å²) < 4.78 is 9.33. The molecule has 0 saturated carbocycles. The van der Waals surface area contributed by atoms with Gasteiger partial charge in [0.15, 0.2) is 15.7 Å². The zero-order chi connectivity index (χ0) is 7.98. The monoisotopic (exact) mass is 131 g/mol. The maximum absolute atomic E-state index is 5.06. The van der Waals surface area contributed by atoms with Gasteiger partial charge in [0.1, 0.15) is 6.51 Å². The molecule has 5 heteroatoms. The van der Waals surface area contributed by atoms with Crippen molar-refractivity contribution in [2.24, 2.45) is 0 Å². The van der Waals surface area contributed by atoms with Crippen LogP contribution < -0.4 is 0 Å². The van der Waals surface area contributed by atoms with Crippen LogP contribution in [0.4, 0.5) is 0 Å². The van der Waals surface area contributed by atoms with Crippen LogP contribution >= 0.6 is 0 Å². The van der Waals surface area contributed by atoms with Gasteiger partial charge in [0.25, 0.3) is 0 Å². The van der Waals surface area contributed by atoms with Crippen LogP contribution in [-0.2, 0) is 9.39 Å². The van der Waals surface area contributed by atoms with Gasteiger partial charge < -0.3 is 9.39 Å². The molecule has 0 aromatic carbocycles. The molecule has 0 unspecified atom stereocenters. The van der Waals surface area contributed by atoms with Crippen LogP contribution in [-0.4, -0.2) is 29.7 Å². The highest BCUT2D eigenvalue weighted by molar-refractivity contribution is 6.31. The van der Waals surface area contributed by atoms with Gasteiger partial charge in [-0.3, -0.25) is 0 Å². The highest BCUT2D eigenvalue weighted by Gasteiger charge is 1.92. The summed E-state index contributed by atoms with van der Waals surface area (Å²) in [6.07, 6.45) is 0. The highest BCUT2D eigenvalue weighted by Crippen LogP contribution is 1.86. The van der Waals surface area contributed by atoms with Crippen LogP contribution in [0.15, 0.2) is 24.5 Å². The third kappa shape index (κ3) is 7.27. The molecule has 0 bridgehead atoms. The topological polar surface area (TPSA) is 18.5 Å². The molecule has 2 nitrogen and oxygen atoms in total. The Morgan fingerprint density at radius 2 is 1.90 bits per heavy atom. The number of hydrogen-bond donors (Lipinski definition) is 0. The van der Waals surface area contributed by atoms with E-state index in [1.54, 1.807) is 0 Å². The van der Waals surface area contributed by atoms with E-state index in [-0.39, 0.29) is 17.8 Å². The lowest BCUT2D eigenvalue weighted by Crippen LogP contribution is -2.07. The second-order valence-corrected chi connectivity index (χ2v) is 1.53. The van der Waals surface area contributed by atoms with Gasteiger partial charge in [-0.1, -0.05) is 13.2 Å². The van der Waals surface area contributed by atoms with E-state index in [2.05, 4.69) is 17.8 Å². The largest absolute Gasteiger partial charge is 0.572 e. The van der Waals surface area contributed by atoms with Gasteiger partial charge in [0.05, 0.1) is 0 Å². The van der Waals surface area contributed by atoms with Crippen molar-refractivity contribution in [3.05, 3.63) is 24.5 Å². The lowest BCUT2D eigenvalue weighted by Gasteiger charge is -2.05. The first-order valence-corrected chi connectivity index (χ1v) is 2.63. The predicted molar refractivity (Wildman–Crippen MR) is 42.6 cm³/mol. The quantitative estimate of drug-likeness (QED) is 0.293. The summed E-state index contributed by atoms with van der Waals surface area (Å²) >= 11 is 0. The Kier molecular flexibility index (Phi) is 4.72. The van der Waals surface area contributed by atoms with Crippen LogP contribution in [0.3, 0.4) is 0 Å². The SMILES string of the molecule is [B]C(=C)O[B]COC([B])=C. The average Bonchev–Trinajstić information content (AvgIpc) is 1.79. The van der Waals surface area contributed by atoms with Crippen LogP contribution in [0.1, 0.15) is 0 Å². The van der Waals surface area contributed by atoms with Gasteiger partial charge in [-0.25, -0.2) is 0 Å². The molecule has 0 spiro atoms. The van der Waals surface area contributed by atoms with Crippen LogP contribution in [0.5, 0.6) is 0 Å². The van der Waals surface area contributed by atoms with Gasteiger partial charge in [-0.2, -0.15) is 0 Å². The smallest absolute Gasteiger partial charge is 0.409 e. The number of ether oxygens (including phenoxy) is 1. The van der Waals surface area contributed by atoms with Crippen molar-refractivity contribution >= 4 is 23.2 Å². The summed E-state index contributed by atoms with van der Waals surface area (Å²) in [5, 5.41) is 0. The van der Waals surface area contributed by atoms with Crippen LogP contribution in [0.25, 0.3) is 0 Å². The molecule has 0 fully saturated rings. The van der Waals surface area contributed by atoms with Gasteiger partial charge in [0, 0.05) is 11.3 Å². The van der Waals surface area contributed by atoms with E-state index in [0.29, 0.717) is 0 Å². The van der Waals surface area contributed by atoms with Crippen LogP contribution in [0.2, 0.25) is 0 Å².